The lowest BCUT2D eigenvalue weighted by Crippen LogP contribution is -2.32. The van der Waals surface area contributed by atoms with Gasteiger partial charge in [0.1, 0.15) is 17.7 Å². The molecule has 0 aromatic heterocycles. The molecule has 0 amide bonds. The Morgan fingerprint density at radius 1 is 1.13 bits per heavy atom. The molecule has 2 aromatic carbocycles. The normalized spacial score (nSPS) is 16.5. The highest BCUT2D eigenvalue weighted by atomic mass is 19.1. The van der Waals surface area contributed by atoms with E-state index < -0.39 is 5.82 Å². The smallest absolute Gasteiger partial charge is 0.128 e. The van der Waals surface area contributed by atoms with E-state index in [9.17, 15) is 4.39 Å². The van der Waals surface area contributed by atoms with E-state index in [1.807, 2.05) is 36.4 Å². The van der Waals surface area contributed by atoms with E-state index in [2.05, 4.69) is 5.32 Å². The number of nitrogens with one attached hydrogen (secondary N) is 1. The van der Waals surface area contributed by atoms with Crippen molar-refractivity contribution in [2.24, 2.45) is 5.92 Å². The Morgan fingerprint density at radius 3 is 2.57 bits per heavy atom. The first-order chi connectivity index (χ1) is 11.3. The predicted molar refractivity (Wildman–Crippen MR) is 86.5 cm³/mol. The molecule has 2 aromatic rings. The Balaban J connectivity index is 1.89. The zero-order valence-corrected chi connectivity index (χ0v) is 12.8. The van der Waals surface area contributed by atoms with Crippen molar-refractivity contribution < 1.29 is 9.13 Å². The number of piperidine rings is 1. The molecule has 0 aliphatic carbocycles. The Labute approximate surface area is 135 Å². The molecule has 4 heteroatoms. The van der Waals surface area contributed by atoms with Crippen molar-refractivity contribution in [2.45, 2.75) is 18.9 Å². The van der Waals surface area contributed by atoms with E-state index in [-0.39, 0.29) is 11.7 Å². The highest BCUT2D eigenvalue weighted by Crippen LogP contribution is 2.34. The van der Waals surface area contributed by atoms with Gasteiger partial charge in [-0.15, -0.1) is 0 Å². The SMILES string of the molecule is N#Cc1cc(F)cc(OC(c2ccccc2)C2CCNCC2)c1. The van der Waals surface area contributed by atoms with Gasteiger partial charge in [0.25, 0.3) is 0 Å². The van der Waals surface area contributed by atoms with Gasteiger partial charge >= 0.3 is 0 Å². The second-order valence-corrected chi connectivity index (χ2v) is 5.82. The molecule has 0 bridgehead atoms. The third-order valence-electron chi connectivity index (χ3n) is 4.20. The number of benzene rings is 2. The summed E-state index contributed by atoms with van der Waals surface area (Å²) in [4.78, 5) is 0. The second-order valence-electron chi connectivity index (χ2n) is 5.82. The monoisotopic (exact) mass is 310 g/mol. The molecule has 0 spiro atoms. The molecule has 1 N–H and O–H groups in total. The molecule has 1 saturated heterocycles. The van der Waals surface area contributed by atoms with Gasteiger partial charge in [-0.1, -0.05) is 30.3 Å². The molecule has 3 rings (SSSR count). The lowest BCUT2D eigenvalue weighted by molar-refractivity contribution is 0.112. The minimum atomic E-state index is -0.448. The maximum atomic E-state index is 13.7. The second kappa shape index (κ2) is 7.26. The Morgan fingerprint density at radius 2 is 1.87 bits per heavy atom. The highest BCUT2D eigenvalue weighted by molar-refractivity contribution is 5.37. The van der Waals surface area contributed by atoms with Crippen LogP contribution in [0, 0.1) is 23.1 Å². The van der Waals surface area contributed by atoms with Crippen LogP contribution in [0.3, 0.4) is 0 Å². The summed E-state index contributed by atoms with van der Waals surface area (Å²) in [7, 11) is 0. The minimum absolute atomic E-state index is 0.133. The summed E-state index contributed by atoms with van der Waals surface area (Å²) >= 11 is 0. The van der Waals surface area contributed by atoms with Crippen molar-refractivity contribution in [3.63, 3.8) is 0 Å². The van der Waals surface area contributed by atoms with E-state index in [0.29, 0.717) is 11.7 Å². The fourth-order valence-corrected chi connectivity index (χ4v) is 3.07. The number of ether oxygens (including phenoxy) is 1. The summed E-state index contributed by atoms with van der Waals surface area (Å²) in [6, 6.07) is 16.1. The van der Waals surface area contributed by atoms with Crippen molar-refractivity contribution >= 4 is 0 Å². The summed E-state index contributed by atoms with van der Waals surface area (Å²) < 4.78 is 19.8. The van der Waals surface area contributed by atoms with Gasteiger partial charge in [0, 0.05) is 12.0 Å². The molecule has 1 aliphatic rings. The number of hydrogen-bond acceptors (Lipinski definition) is 3. The van der Waals surface area contributed by atoms with Crippen molar-refractivity contribution in [3.05, 3.63) is 65.5 Å². The molecule has 1 atom stereocenters. The van der Waals surface area contributed by atoms with Crippen LogP contribution in [0.4, 0.5) is 4.39 Å². The number of nitrogens with zero attached hydrogens (tertiary/aromatic N) is 1. The molecule has 118 valence electrons. The van der Waals surface area contributed by atoms with Crippen LogP contribution < -0.4 is 10.1 Å². The zero-order chi connectivity index (χ0) is 16.1. The fraction of sp³-hybridized carbons (Fsp3) is 0.316. The lowest BCUT2D eigenvalue weighted by atomic mass is 9.88. The molecule has 1 fully saturated rings. The predicted octanol–water partition coefficient (Wildman–Crippen LogP) is 3.82. The van der Waals surface area contributed by atoms with Crippen LogP contribution in [-0.2, 0) is 0 Å². The van der Waals surface area contributed by atoms with Crippen molar-refractivity contribution in [1.82, 2.24) is 5.32 Å². The van der Waals surface area contributed by atoms with Gasteiger partial charge in [0.15, 0.2) is 0 Å². The van der Waals surface area contributed by atoms with Crippen molar-refractivity contribution in [2.75, 3.05) is 13.1 Å². The van der Waals surface area contributed by atoms with Crippen LogP contribution in [0.1, 0.15) is 30.1 Å². The number of rotatable bonds is 4. The molecular weight excluding hydrogens is 291 g/mol. The van der Waals surface area contributed by atoms with Gasteiger partial charge in [-0.25, -0.2) is 4.39 Å². The van der Waals surface area contributed by atoms with E-state index in [1.54, 1.807) is 6.07 Å². The molecule has 0 saturated carbocycles. The van der Waals surface area contributed by atoms with Gasteiger partial charge in [-0.05, 0) is 43.6 Å². The Hall–Kier alpha value is -2.38. The summed E-state index contributed by atoms with van der Waals surface area (Å²) in [5.74, 6) is 0.331. The zero-order valence-electron chi connectivity index (χ0n) is 12.8. The lowest BCUT2D eigenvalue weighted by Gasteiger charge is -2.31. The quantitative estimate of drug-likeness (QED) is 0.934. The van der Waals surface area contributed by atoms with Crippen LogP contribution >= 0.6 is 0 Å². The van der Waals surface area contributed by atoms with Crippen molar-refractivity contribution in [3.8, 4) is 11.8 Å². The largest absolute Gasteiger partial charge is 0.485 e. The van der Waals surface area contributed by atoms with Gasteiger partial charge in [0.05, 0.1) is 11.6 Å². The maximum Gasteiger partial charge on any atom is 0.128 e. The number of halogens is 1. The summed E-state index contributed by atoms with van der Waals surface area (Å²) in [6.07, 6.45) is 1.90. The molecular formula is C19H19FN2O. The van der Waals surface area contributed by atoms with E-state index >= 15 is 0 Å². The summed E-state index contributed by atoms with van der Waals surface area (Å²) in [5.41, 5.74) is 1.36. The molecule has 1 heterocycles. The number of nitriles is 1. The first kappa shape index (κ1) is 15.5. The Bertz CT molecular complexity index is 690. The van der Waals surface area contributed by atoms with Gasteiger partial charge < -0.3 is 10.1 Å². The van der Waals surface area contributed by atoms with E-state index in [4.69, 9.17) is 10.00 Å². The topological polar surface area (TPSA) is 45.0 Å². The summed E-state index contributed by atoms with van der Waals surface area (Å²) in [6.45, 7) is 1.92. The van der Waals surface area contributed by atoms with Crippen molar-refractivity contribution in [1.29, 1.82) is 5.26 Å². The molecule has 3 nitrogen and oxygen atoms in total. The van der Waals surface area contributed by atoms with Crippen LogP contribution in [0.5, 0.6) is 5.75 Å². The first-order valence-corrected chi connectivity index (χ1v) is 7.89. The fourth-order valence-electron chi connectivity index (χ4n) is 3.07. The van der Waals surface area contributed by atoms with Crippen LogP contribution in [0.2, 0.25) is 0 Å². The summed E-state index contributed by atoms with van der Waals surface area (Å²) in [5, 5.41) is 12.4. The van der Waals surface area contributed by atoms with Crippen LogP contribution in [0.15, 0.2) is 48.5 Å². The average Bonchev–Trinajstić information content (AvgIpc) is 2.60. The standard InChI is InChI=1S/C19H19FN2O/c20-17-10-14(13-21)11-18(12-17)23-19(15-4-2-1-3-5-15)16-6-8-22-9-7-16/h1-5,10-12,16,19,22H,6-9H2. The molecule has 23 heavy (non-hydrogen) atoms. The Kier molecular flexibility index (Phi) is 4.89. The number of hydrogen-bond donors (Lipinski definition) is 1. The average molecular weight is 310 g/mol. The third-order valence-corrected chi connectivity index (χ3v) is 4.20. The van der Waals surface area contributed by atoms with E-state index in [0.717, 1.165) is 31.5 Å². The maximum absolute atomic E-state index is 13.7. The molecule has 1 unspecified atom stereocenters. The molecule has 1 aliphatic heterocycles. The van der Waals surface area contributed by atoms with E-state index in [1.165, 1.54) is 12.1 Å². The van der Waals surface area contributed by atoms with Gasteiger partial charge in [-0.3, -0.25) is 0 Å². The third kappa shape index (κ3) is 3.88. The van der Waals surface area contributed by atoms with Gasteiger partial charge in [-0.2, -0.15) is 5.26 Å². The van der Waals surface area contributed by atoms with Gasteiger partial charge in [0.2, 0.25) is 0 Å². The van der Waals surface area contributed by atoms with Crippen LogP contribution in [0.25, 0.3) is 0 Å². The minimum Gasteiger partial charge on any atom is -0.485 e. The first-order valence-electron chi connectivity index (χ1n) is 7.89. The van der Waals surface area contributed by atoms with Crippen LogP contribution in [-0.4, -0.2) is 13.1 Å². The molecule has 0 radical (unpaired) electrons. The highest BCUT2D eigenvalue weighted by Gasteiger charge is 2.27.